The summed E-state index contributed by atoms with van der Waals surface area (Å²) in [6, 6.07) is 9.54. The molecule has 0 heteroatoms. The van der Waals surface area contributed by atoms with Crippen LogP contribution in [0.2, 0.25) is 0 Å². The molecular weight excluding hydrogens is 324 g/mol. The van der Waals surface area contributed by atoms with Crippen molar-refractivity contribution in [2.24, 2.45) is 0 Å². The first-order valence-corrected chi connectivity index (χ1v) is 11.3. The van der Waals surface area contributed by atoms with Gasteiger partial charge in [0.15, 0.2) is 0 Å². The Morgan fingerprint density at radius 2 is 0.926 bits per heavy atom. The topological polar surface area (TPSA) is 0 Å². The van der Waals surface area contributed by atoms with Crippen molar-refractivity contribution >= 4 is 0 Å². The molecular formula is C27H40. The Morgan fingerprint density at radius 3 is 1.37 bits per heavy atom. The Balaban J connectivity index is 2.57. The molecule has 0 nitrogen and oxygen atoms in total. The summed E-state index contributed by atoms with van der Waals surface area (Å²) in [6.45, 7) is 16.3. The first-order chi connectivity index (χ1) is 13.1. The van der Waals surface area contributed by atoms with E-state index in [4.69, 9.17) is 0 Å². The first kappa shape index (κ1) is 21.7. The normalized spacial score (nSPS) is 12.4. The van der Waals surface area contributed by atoms with Gasteiger partial charge in [0.2, 0.25) is 0 Å². The van der Waals surface area contributed by atoms with Crippen LogP contribution in [-0.4, -0.2) is 0 Å². The van der Waals surface area contributed by atoms with E-state index in [0.29, 0.717) is 5.92 Å². The number of benzene rings is 2. The fourth-order valence-corrected chi connectivity index (χ4v) is 4.98. The summed E-state index contributed by atoms with van der Waals surface area (Å²) in [5.74, 6) is 0.573. The van der Waals surface area contributed by atoms with Crippen LogP contribution in [0, 0.1) is 0 Å². The standard InChI is InChI=1S/C27H40/c1-8-20-14-15-22(10-3)26(24(20)12-5)18-19(7)27-23(11-4)17-16-21(9-2)25(27)13-6/h14-17,19H,8-13,18H2,1-7H3. The Morgan fingerprint density at radius 1 is 0.519 bits per heavy atom. The third-order valence-corrected chi connectivity index (χ3v) is 6.40. The van der Waals surface area contributed by atoms with Gasteiger partial charge >= 0.3 is 0 Å². The van der Waals surface area contributed by atoms with Gasteiger partial charge in [-0.2, -0.15) is 0 Å². The van der Waals surface area contributed by atoms with Gasteiger partial charge in [-0.05, 0) is 95.4 Å². The van der Waals surface area contributed by atoms with Crippen LogP contribution in [0.5, 0.6) is 0 Å². The van der Waals surface area contributed by atoms with Gasteiger partial charge in [0.25, 0.3) is 0 Å². The number of aryl methyl sites for hydroxylation is 4. The van der Waals surface area contributed by atoms with E-state index in [1.165, 1.54) is 6.42 Å². The van der Waals surface area contributed by atoms with Crippen molar-refractivity contribution in [2.75, 3.05) is 0 Å². The van der Waals surface area contributed by atoms with Crippen molar-refractivity contribution in [2.45, 2.75) is 99.3 Å². The van der Waals surface area contributed by atoms with E-state index >= 15 is 0 Å². The molecule has 0 aliphatic rings. The van der Waals surface area contributed by atoms with E-state index in [0.717, 1.165) is 38.5 Å². The maximum Gasteiger partial charge on any atom is -0.0144 e. The molecule has 0 radical (unpaired) electrons. The van der Waals surface area contributed by atoms with Crippen molar-refractivity contribution in [1.29, 1.82) is 0 Å². The zero-order valence-corrected chi connectivity index (χ0v) is 18.8. The van der Waals surface area contributed by atoms with Gasteiger partial charge in [-0.25, -0.2) is 0 Å². The SMILES string of the molecule is CCc1ccc(CC)c(CC(C)c2c(CC)ccc(CC)c2CC)c1CC. The highest BCUT2D eigenvalue weighted by Gasteiger charge is 2.20. The molecule has 0 saturated carbocycles. The summed E-state index contributed by atoms with van der Waals surface area (Å²) in [4.78, 5) is 0. The predicted molar refractivity (Wildman–Crippen MR) is 121 cm³/mol. The van der Waals surface area contributed by atoms with Crippen LogP contribution >= 0.6 is 0 Å². The summed E-state index contributed by atoms with van der Waals surface area (Å²) in [6.07, 6.45) is 8.01. The molecule has 0 N–H and O–H groups in total. The Bertz CT molecular complexity index is 751. The summed E-state index contributed by atoms with van der Waals surface area (Å²) in [5.41, 5.74) is 12.7. The largest absolute Gasteiger partial charge is 0.0613 e. The lowest BCUT2D eigenvalue weighted by Gasteiger charge is -2.25. The zero-order chi connectivity index (χ0) is 20.0. The lowest BCUT2D eigenvalue weighted by Crippen LogP contribution is -2.12. The number of hydrogen-bond donors (Lipinski definition) is 0. The maximum atomic E-state index is 2.46. The Labute approximate surface area is 168 Å². The lowest BCUT2D eigenvalue weighted by atomic mass is 9.80. The quantitative estimate of drug-likeness (QED) is 0.434. The predicted octanol–water partition coefficient (Wildman–Crippen LogP) is 7.41. The lowest BCUT2D eigenvalue weighted by molar-refractivity contribution is 0.717. The molecule has 27 heavy (non-hydrogen) atoms. The average Bonchev–Trinajstić information content (AvgIpc) is 2.71. The molecule has 2 rings (SSSR count). The maximum absolute atomic E-state index is 2.46. The highest BCUT2D eigenvalue weighted by Crippen LogP contribution is 2.33. The summed E-state index contributed by atoms with van der Waals surface area (Å²) in [5, 5.41) is 0. The van der Waals surface area contributed by atoms with Crippen LogP contribution in [0.1, 0.15) is 98.9 Å². The molecule has 0 bridgehead atoms. The minimum absolute atomic E-state index is 0.573. The molecule has 148 valence electrons. The molecule has 0 heterocycles. The van der Waals surface area contributed by atoms with Crippen LogP contribution in [0.25, 0.3) is 0 Å². The van der Waals surface area contributed by atoms with E-state index in [1.54, 1.807) is 44.5 Å². The van der Waals surface area contributed by atoms with Gasteiger partial charge < -0.3 is 0 Å². The molecule has 2 aromatic rings. The van der Waals surface area contributed by atoms with E-state index in [-0.39, 0.29) is 0 Å². The second-order valence-electron chi connectivity index (χ2n) is 7.84. The minimum Gasteiger partial charge on any atom is -0.0613 e. The van der Waals surface area contributed by atoms with Crippen molar-refractivity contribution in [3.8, 4) is 0 Å². The summed E-state index contributed by atoms with van der Waals surface area (Å²) >= 11 is 0. The monoisotopic (exact) mass is 364 g/mol. The van der Waals surface area contributed by atoms with Crippen LogP contribution in [0.4, 0.5) is 0 Å². The van der Waals surface area contributed by atoms with E-state index in [2.05, 4.69) is 72.7 Å². The van der Waals surface area contributed by atoms with Gasteiger partial charge in [0.1, 0.15) is 0 Å². The van der Waals surface area contributed by atoms with Crippen LogP contribution in [0.3, 0.4) is 0 Å². The second-order valence-corrected chi connectivity index (χ2v) is 7.84. The van der Waals surface area contributed by atoms with Crippen molar-refractivity contribution in [1.82, 2.24) is 0 Å². The highest BCUT2D eigenvalue weighted by molar-refractivity contribution is 5.47. The minimum atomic E-state index is 0.573. The van der Waals surface area contributed by atoms with Gasteiger partial charge in [-0.3, -0.25) is 0 Å². The Kier molecular flexibility index (Phi) is 8.14. The molecule has 0 aliphatic heterocycles. The molecule has 1 atom stereocenters. The number of hydrogen-bond acceptors (Lipinski definition) is 0. The van der Waals surface area contributed by atoms with E-state index < -0.39 is 0 Å². The third-order valence-electron chi connectivity index (χ3n) is 6.40. The number of rotatable bonds is 9. The van der Waals surface area contributed by atoms with Crippen LogP contribution in [0.15, 0.2) is 24.3 Å². The van der Waals surface area contributed by atoms with Crippen molar-refractivity contribution in [3.63, 3.8) is 0 Å². The molecule has 0 amide bonds. The molecule has 0 fully saturated rings. The summed E-state index contributed by atoms with van der Waals surface area (Å²) < 4.78 is 0. The molecule has 0 aromatic heterocycles. The van der Waals surface area contributed by atoms with E-state index in [9.17, 15) is 0 Å². The van der Waals surface area contributed by atoms with Crippen molar-refractivity contribution in [3.05, 3.63) is 68.8 Å². The zero-order valence-electron chi connectivity index (χ0n) is 18.8. The fraction of sp³-hybridized carbons (Fsp3) is 0.556. The van der Waals surface area contributed by atoms with Gasteiger partial charge in [0.05, 0.1) is 0 Å². The molecule has 1 unspecified atom stereocenters. The molecule has 0 aliphatic carbocycles. The molecule has 0 saturated heterocycles. The smallest absolute Gasteiger partial charge is 0.0144 e. The highest BCUT2D eigenvalue weighted by atomic mass is 14.2. The average molecular weight is 365 g/mol. The van der Waals surface area contributed by atoms with Crippen molar-refractivity contribution < 1.29 is 0 Å². The fourth-order valence-electron chi connectivity index (χ4n) is 4.98. The van der Waals surface area contributed by atoms with E-state index in [1.807, 2.05) is 0 Å². The molecule has 2 aromatic carbocycles. The summed E-state index contributed by atoms with van der Waals surface area (Å²) in [7, 11) is 0. The third kappa shape index (κ3) is 4.48. The first-order valence-electron chi connectivity index (χ1n) is 11.3. The van der Waals surface area contributed by atoms with Gasteiger partial charge in [-0.15, -0.1) is 0 Å². The van der Waals surface area contributed by atoms with Crippen LogP contribution in [-0.2, 0) is 44.9 Å². The van der Waals surface area contributed by atoms with Gasteiger partial charge in [0, 0.05) is 0 Å². The second kappa shape index (κ2) is 10.1. The van der Waals surface area contributed by atoms with Gasteiger partial charge in [-0.1, -0.05) is 72.7 Å². The molecule has 0 spiro atoms. The Hall–Kier alpha value is -1.56. The van der Waals surface area contributed by atoms with Crippen LogP contribution < -0.4 is 0 Å².